The summed E-state index contributed by atoms with van der Waals surface area (Å²) in [6.45, 7) is 8.39. The van der Waals surface area contributed by atoms with E-state index in [9.17, 15) is 10.1 Å². The van der Waals surface area contributed by atoms with Gasteiger partial charge in [0.1, 0.15) is 18.2 Å². The van der Waals surface area contributed by atoms with Crippen molar-refractivity contribution in [1.82, 2.24) is 0 Å². The maximum atomic E-state index is 12.5. The highest BCUT2D eigenvalue weighted by atomic mass is 16.5. The van der Waals surface area contributed by atoms with Crippen LogP contribution in [0, 0.1) is 11.3 Å². The second-order valence-corrected chi connectivity index (χ2v) is 5.91. The Labute approximate surface area is 165 Å². The van der Waals surface area contributed by atoms with Crippen LogP contribution in [0.4, 0.5) is 5.69 Å². The van der Waals surface area contributed by atoms with Gasteiger partial charge in [-0.05, 0) is 54.8 Å². The molecule has 0 bridgehead atoms. The predicted octanol–water partition coefficient (Wildman–Crippen LogP) is 4.76. The molecule has 5 heteroatoms. The number of aryl methyl sites for hydroxylation is 1. The molecule has 0 aliphatic rings. The van der Waals surface area contributed by atoms with Crippen LogP contribution in [-0.2, 0) is 11.2 Å². The van der Waals surface area contributed by atoms with Gasteiger partial charge in [-0.25, -0.2) is 0 Å². The summed E-state index contributed by atoms with van der Waals surface area (Å²) in [7, 11) is 0. The van der Waals surface area contributed by atoms with Gasteiger partial charge in [0.2, 0.25) is 0 Å². The van der Waals surface area contributed by atoms with E-state index in [1.54, 1.807) is 24.3 Å². The lowest BCUT2D eigenvalue weighted by Crippen LogP contribution is -2.13. The van der Waals surface area contributed by atoms with E-state index >= 15 is 0 Å². The number of rotatable bonds is 9. The van der Waals surface area contributed by atoms with Crippen LogP contribution in [0.25, 0.3) is 6.08 Å². The lowest BCUT2D eigenvalue weighted by Gasteiger charge is -2.11. The molecule has 0 unspecified atom stereocenters. The molecule has 0 aliphatic heterocycles. The zero-order chi connectivity index (χ0) is 20.4. The second-order valence-electron chi connectivity index (χ2n) is 5.91. The molecule has 0 aromatic heterocycles. The van der Waals surface area contributed by atoms with Crippen LogP contribution in [0.2, 0.25) is 0 Å². The van der Waals surface area contributed by atoms with Gasteiger partial charge in [-0.2, -0.15) is 5.26 Å². The maximum Gasteiger partial charge on any atom is 0.266 e. The van der Waals surface area contributed by atoms with Gasteiger partial charge in [-0.3, -0.25) is 4.79 Å². The van der Waals surface area contributed by atoms with Crippen molar-refractivity contribution < 1.29 is 14.3 Å². The van der Waals surface area contributed by atoms with Gasteiger partial charge < -0.3 is 14.8 Å². The van der Waals surface area contributed by atoms with Crippen LogP contribution in [0.15, 0.2) is 60.7 Å². The van der Waals surface area contributed by atoms with Gasteiger partial charge in [0, 0.05) is 5.69 Å². The average molecular weight is 376 g/mol. The van der Waals surface area contributed by atoms with Crippen LogP contribution in [0.3, 0.4) is 0 Å². The molecule has 1 amide bonds. The maximum absolute atomic E-state index is 12.5. The van der Waals surface area contributed by atoms with E-state index in [0.29, 0.717) is 36.0 Å². The summed E-state index contributed by atoms with van der Waals surface area (Å²) in [6.07, 6.45) is 4.09. The van der Waals surface area contributed by atoms with E-state index in [1.807, 2.05) is 37.3 Å². The van der Waals surface area contributed by atoms with E-state index in [0.717, 1.165) is 6.42 Å². The number of nitriles is 1. The molecule has 1 N–H and O–H groups in total. The fourth-order valence-electron chi connectivity index (χ4n) is 2.49. The van der Waals surface area contributed by atoms with E-state index in [-0.39, 0.29) is 5.57 Å². The summed E-state index contributed by atoms with van der Waals surface area (Å²) in [6, 6.07) is 14.7. The Bertz CT molecular complexity index is 893. The van der Waals surface area contributed by atoms with Crippen molar-refractivity contribution in [3.05, 3.63) is 71.8 Å². The van der Waals surface area contributed by atoms with Crippen molar-refractivity contribution in [1.29, 1.82) is 5.26 Å². The summed E-state index contributed by atoms with van der Waals surface area (Å²) in [5.74, 6) is 0.667. The second kappa shape index (κ2) is 10.6. The Kier molecular flexibility index (Phi) is 7.86. The molecule has 2 rings (SSSR count). The number of carbonyl (C=O) groups is 1. The number of benzene rings is 2. The van der Waals surface area contributed by atoms with Gasteiger partial charge in [-0.15, -0.1) is 0 Å². The van der Waals surface area contributed by atoms with Crippen molar-refractivity contribution in [2.75, 3.05) is 18.5 Å². The van der Waals surface area contributed by atoms with E-state index in [1.165, 1.54) is 11.6 Å². The third kappa shape index (κ3) is 5.75. The van der Waals surface area contributed by atoms with Crippen LogP contribution in [0.1, 0.15) is 25.0 Å². The van der Waals surface area contributed by atoms with Gasteiger partial charge in [0.05, 0.1) is 6.61 Å². The molecular formula is C23H24N2O3. The molecule has 0 heterocycles. The number of nitrogens with one attached hydrogen (secondary N) is 1. The highest BCUT2D eigenvalue weighted by Crippen LogP contribution is 2.29. The first kappa shape index (κ1) is 20.8. The molecule has 0 atom stereocenters. The Morgan fingerprint density at radius 2 is 1.89 bits per heavy atom. The number of ether oxygens (including phenoxy) is 2. The normalized spacial score (nSPS) is 10.7. The van der Waals surface area contributed by atoms with Crippen LogP contribution >= 0.6 is 0 Å². The van der Waals surface area contributed by atoms with Crippen LogP contribution in [-0.4, -0.2) is 19.1 Å². The van der Waals surface area contributed by atoms with Gasteiger partial charge in [0.15, 0.2) is 11.5 Å². The lowest BCUT2D eigenvalue weighted by atomic mass is 10.1. The third-order valence-electron chi connectivity index (χ3n) is 3.92. The molecule has 28 heavy (non-hydrogen) atoms. The van der Waals surface area contributed by atoms with Crippen molar-refractivity contribution >= 4 is 17.7 Å². The molecular weight excluding hydrogens is 352 g/mol. The first-order valence-corrected chi connectivity index (χ1v) is 9.13. The van der Waals surface area contributed by atoms with Crippen molar-refractivity contribution in [3.63, 3.8) is 0 Å². The van der Waals surface area contributed by atoms with Gasteiger partial charge in [0.25, 0.3) is 5.91 Å². The van der Waals surface area contributed by atoms with Crippen LogP contribution < -0.4 is 14.8 Å². The minimum absolute atomic E-state index is 0.00164. The fraction of sp³-hybridized carbons (Fsp3) is 0.217. The SMILES string of the molecule is C=CCOc1ccc(/C=C(/C#N)C(=O)Nc2ccc(CC)cc2)cc1OCC. The monoisotopic (exact) mass is 376 g/mol. The summed E-state index contributed by atoms with van der Waals surface area (Å²) >= 11 is 0. The molecule has 0 saturated heterocycles. The van der Waals surface area contributed by atoms with E-state index in [4.69, 9.17) is 9.47 Å². The molecule has 144 valence electrons. The molecule has 2 aromatic carbocycles. The highest BCUT2D eigenvalue weighted by molar-refractivity contribution is 6.09. The fourth-order valence-corrected chi connectivity index (χ4v) is 2.49. The lowest BCUT2D eigenvalue weighted by molar-refractivity contribution is -0.112. The molecule has 5 nitrogen and oxygen atoms in total. The minimum atomic E-state index is -0.461. The van der Waals surface area contributed by atoms with Gasteiger partial charge >= 0.3 is 0 Å². The molecule has 0 aliphatic carbocycles. The zero-order valence-electron chi connectivity index (χ0n) is 16.2. The number of hydrogen-bond acceptors (Lipinski definition) is 4. The van der Waals surface area contributed by atoms with E-state index < -0.39 is 5.91 Å². The van der Waals surface area contributed by atoms with E-state index in [2.05, 4.69) is 18.8 Å². The molecule has 2 aromatic rings. The Hall–Kier alpha value is -3.52. The summed E-state index contributed by atoms with van der Waals surface area (Å²) in [5, 5.41) is 12.2. The van der Waals surface area contributed by atoms with Crippen molar-refractivity contribution in [2.24, 2.45) is 0 Å². The van der Waals surface area contributed by atoms with Crippen LogP contribution in [0.5, 0.6) is 11.5 Å². The summed E-state index contributed by atoms with van der Waals surface area (Å²) < 4.78 is 11.2. The number of hydrogen-bond donors (Lipinski definition) is 1. The highest BCUT2D eigenvalue weighted by Gasteiger charge is 2.11. The summed E-state index contributed by atoms with van der Waals surface area (Å²) in [4.78, 5) is 12.5. The smallest absolute Gasteiger partial charge is 0.266 e. The topological polar surface area (TPSA) is 71.3 Å². The number of amides is 1. The molecule has 0 saturated carbocycles. The molecule has 0 fully saturated rings. The predicted molar refractivity (Wildman–Crippen MR) is 111 cm³/mol. The molecule has 0 spiro atoms. The number of nitrogens with zero attached hydrogens (tertiary/aromatic N) is 1. The Morgan fingerprint density at radius 1 is 1.14 bits per heavy atom. The number of carbonyl (C=O) groups excluding carboxylic acids is 1. The first-order valence-electron chi connectivity index (χ1n) is 9.13. The Balaban J connectivity index is 2.21. The Morgan fingerprint density at radius 3 is 2.50 bits per heavy atom. The largest absolute Gasteiger partial charge is 0.490 e. The quantitative estimate of drug-likeness (QED) is 0.389. The third-order valence-corrected chi connectivity index (χ3v) is 3.92. The van der Waals surface area contributed by atoms with Crippen molar-refractivity contribution in [3.8, 4) is 17.6 Å². The molecule has 0 radical (unpaired) electrons. The standard InChI is InChI=1S/C23H24N2O3/c1-4-13-28-21-12-9-18(15-22(21)27-6-3)14-19(16-24)23(26)25-20-10-7-17(5-2)8-11-20/h4,7-12,14-15H,1,5-6,13H2,2-3H3,(H,25,26)/b19-14-. The first-order chi connectivity index (χ1) is 13.6. The zero-order valence-corrected chi connectivity index (χ0v) is 16.2. The minimum Gasteiger partial charge on any atom is -0.490 e. The average Bonchev–Trinajstić information content (AvgIpc) is 2.72. The van der Waals surface area contributed by atoms with Gasteiger partial charge in [-0.1, -0.05) is 37.8 Å². The van der Waals surface area contributed by atoms with Crippen molar-refractivity contribution in [2.45, 2.75) is 20.3 Å². The summed E-state index contributed by atoms with van der Waals surface area (Å²) in [5.41, 5.74) is 2.49. The number of anilines is 1.